The molecule has 266 valence electrons. The van der Waals surface area contributed by atoms with Crippen molar-refractivity contribution in [2.45, 2.75) is 51.1 Å². The summed E-state index contributed by atoms with van der Waals surface area (Å²) in [7, 11) is -2.32. The maximum absolute atomic E-state index is 2.54. The van der Waals surface area contributed by atoms with E-state index in [1.54, 1.807) is 0 Å². The van der Waals surface area contributed by atoms with Gasteiger partial charge in [0.15, 0.2) is 0 Å². The molecule has 8 rings (SSSR count). The highest BCUT2D eigenvalue weighted by Crippen LogP contribution is 2.59. The van der Waals surface area contributed by atoms with Crippen molar-refractivity contribution in [2.24, 2.45) is 0 Å². The van der Waals surface area contributed by atoms with Crippen molar-refractivity contribution in [2.75, 3.05) is 0 Å². The fraction of sp³-hybridized carbons (Fsp3) is 0.160. The number of rotatable bonds is 8. The summed E-state index contributed by atoms with van der Waals surface area (Å²) in [6.07, 6.45) is 2.24. The van der Waals surface area contributed by atoms with Crippen molar-refractivity contribution < 1.29 is 12.4 Å². The predicted octanol–water partition coefficient (Wildman–Crippen LogP) is 7.59. The standard InChI is InChI=1S/C32H34P.C18H15P.ClH/c1-31(2)24-32(3,4)30-22-25(20-21-29(30)31)23-33(26-14-8-5-9-15-26,27-16-10-6-11-17-27)28-18-12-7-13-19-28;1-4-10-16(11-5-1)19(17-12-6-2-7-13-17)18-14-8-3-9-15-18;/h5-22H,23-24H2,1-4H3;1-15H;1H/q+1;;/p-1. The lowest BCUT2D eigenvalue weighted by atomic mass is 9.82. The molecule has 0 nitrogen and oxygen atoms in total. The van der Waals surface area contributed by atoms with Gasteiger partial charge < -0.3 is 12.4 Å². The molecule has 0 spiro atoms. The first-order chi connectivity index (χ1) is 25.3. The largest absolute Gasteiger partial charge is 1.00 e. The van der Waals surface area contributed by atoms with Crippen LogP contribution in [0.1, 0.15) is 50.8 Å². The zero-order valence-electron chi connectivity index (χ0n) is 31.2. The Morgan fingerprint density at radius 1 is 0.415 bits per heavy atom. The summed E-state index contributed by atoms with van der Waals surface area (Å²) in [5.74, 6) is 0. The van der Waals surface area contributed by atoms with Gasteiger partial charge in [0.2, 0.25) is 0 Å². The Hall–Kier alpha value is -4.31. The first kappa shape index (κ1) is 38.4. The average Bonchev–Trinajstić information content (AvgIpc) is 3.38. The Morgan fingerprint density at radius 2 is 0.736 bits per heavy atom. The van der Waals surface area contributed by atoms with Crippen LogP contribution in [0, 0.1) is 0 Å². The number of hydrogen-bond donors (Lipinski definition) is 0. The molecule has 0 N–H and O–H groups in total. The van der Waals surface area contributed by atoms with E-state index in [2.05, 4.69) is 228 Å². The van der Waals surface area contributed by atoms with E-state index in [0.717, 1.165) is 6.16 Å². The second kappa shape index (κ2) is 16.8. The highest BCUT2D eigenvalue weighted by atomic mass is 35.5. The molecule has 7 aromatic carbocycles. The third kappa shape index (κ3) is 8.27. The molecule has 53 heavy (non-hydrogen) atoms. The lowest BCUT2D eigenvalue weighted by molar-refractivity contribution is -0.0000109. The molecule has 0 radical (unpaired) electrons. The lowest BCUT2D eigenvalue weighted by Gasteiger charge is -2.28. The maximum Gasteiger partial charge on any atom is 0.116 e. The van der Waals surface area contributed by atoms with Gasteiger partial charge in [-0.05, 0) is 94.2 Å². The molecule has 7 aromatic rings. The summed E-state index contributed by atoms with van der Waals surface area (Å²) < 4.78 is 0. The monoisotopic (exact) mass is 746 g/mol. The van der Waals surface area contributed by atoms with Crippen molar-refractivity contribution >= 4 is 47.0 Å². The van der Waals surface area contributed by atoms with Gasteiger partial charge in [0, 0.05) is 0 Å². The van der Waals surface area contributed by atoms with Gasteiger partial charge in [-0.3, -0.25) is 0 Å². The van der Waals surface area contributed by atoms with Gasteiger partial charge in [-0.25, -0.2) is 0 Å². The Morgan fingerprint density at radius 3 is 1.09 bits per heavy atom. The second-order valence-corrected chi connectivity index (χ2v) is 20.8. The van der Waals surface area contributed by atoms with Crippen LogP contribution in [0.2, 0.25) is 0 Å². The maximum atomic E-state index is 2.54. The van der Waals surface area contributed by atoms with Gasteiger partial charge >= 0.3 is 0 Å². The first-order valence-corrected chi connectivity index (χ1v) is 21.7. The summed E-state index contributed by atoms with van der Waals surface area (Å²) in [6, 6.07) is 73.3. The van der Waals surface area contributed by atoms with Crippen molar-refractivity contribution in [3.8, 4) is 0 Å². The highest BCUT2D eigenvalue weighted by molar-refractivity contribution is 7.95. The van der Waals surface area contributed by atoms with Gasteiger partial charge in [-0.2, -0.15) is 0 Å². The molecule has 1 aliphatic carbocycles. The van der Waals surface area contributed by atoms with E-state index in [9.17, 15) is 0 Å². The normalized spacial score (nSPS) is 14.0. The number of halogens is 1. The molecule has 1 aliphatic rings. The Balaban J connectivity index is 0.000000204. The van der Waals surface area contributed by atoms with E-state index in [1.165, 1.54) is 54.9 Å². The molecule has 0 atom stereocenters. The van der Waals surface area contributed by atoms with E-state index in [1.807, 2.05) is 0 Å². The molecule has 0 aromatic heterocycles. The van der Waals surface area contributed by atoms with Crippen LogP contribution >= 0.6 is 15.2 Å². The van der Waals surface area contributed by atoms with Crippen LogP contribution in [-0.4, -0.2) is 0 Å². The molecular formula is C50H49ClP2. The molecule has 0 heterocycles. The van der Waals surface area contributed by atoms with Crippen molar-refractivity contribution in [3.63, 3.8) is 0 Å². The van der Waals surface area contributed by atoms with Gasteiger partial charge in [-0.15, -0.1) is 0 Å². The van der Waals surface area contributed by atoms with E-state index in [0.29, 0.717) is 0 Å². The highest BCUT2D eigenvalue weighted by Gasteiger charge is 2.47. The zero-order valence-corrected chi connectivity index (χ0v) is 33.8. The average molecular weight is 747 g/mol. The van der Waals surface area contributed by atoms with E-state index in [-0.39, 0.29) is 23.2 Å². The molecule has 0 unspecified atom stereocenters. The predicted molar refractivity (Wildman–Crippen MR) is 231 cm³/mol. The topological polar surface area (TPSA) is 0 Å². The number of benzene rings is 7. The number of hydrogen-bond acceptors (Lipinski definition) is 0. The molecule has 0 bridgehead atoms. The Labute approximate surface area is 325 Å². The van der Waals surface area contributed by atoms with Gasteiger partial charge in [-0.1, -0.05) is 191 Å². The third-order valence-corrected chi connectivity index (χ3v) is 17.3. The van der Waals surface area contributed by atoms with Crippen molar-refractivity contribution in [1.82, 2.24) is 0 Å². The summed E-state index contributed by atoms with van der Waals surface area (Å²) in [5, 5.41) is 8.53. The minimum absolute atomic E-state index is 0. The molecule has 0 fully saturated rings. The van der Waals surface area contributed by atoms with Crippen LogP contribution < -0.4 is 44.2 Å². The molecule has 0 amide bonds. The fourth-order valence-corrected chi connectivity index (χ4v) is 14.9. The van der Waals surface area contributed by atoms with Crippen LogP contribution in [0.25, 0.3) is 0 Å². The molecule has 0 saturated carbocycles. The van der Waals surface area contributed by atoms with E-state index in [4.69, 9.17) is 0 Å². The summed E-state index contributed by atoms with van der Waals surface area (Å²) in [6.45, 7) is 9.63. The first-order valence-electron chi connectivity index (χ1n) is 18.4. The molecular weight excluding hydrogens is 698 g/mol. The van der Waals surface area contributed by atoms with Crippen LogP contribution in [-0.2, 0) is 17.0 Å². The Kier molecular flexibility index (Phi) is 12.2. The molecule has 0 aliphatic heterocycles. The minimum atomic E-state index is -1.87. The van der Waals surface area contributed by atoms with Crippen LogP contribution in [0.15, 0.2) is 200 Å². The van der Waals surface area contributed by atoms with E-state index >= 15 is 0 Å². The number of fused-ring (bicyclic) bond motifs is 1. The fourth-order valence-electron chi connectivity index (χ4n) is 8.36. The summed E-state index contributed by atoms with van der Waals surface area (Å²) in [4.78, 5) is 0. The summed E-state index contributed by atoms with van der Waals surface area (Å²) in [5.41, 5.74) is 4.96. The smallest absolute Gasteiger partial charge is 0.116 e. The SMILES string of the molecule is CC1(C)CC(C)(C)c2cc(C[P+](c3ccccc3)(c3ccccc3)c3ccccc3)ccc21.[Cl-].c1ccc(P(c2ccccc2)c2ccccc2)cc1. The zero-order chi connectivity index (χ0) is 36.0. The second-order valence-electron chi connectivity index (χ2n) is 15.1. The van der Waals surface area contributed by atoms with Gasteiger partial charge in [0.25, 0.3) is 0 Å². The van der Waals surface area contributed by atoms with Gasteiger partial charge in [0.05, 0.1) is 6.16 Å². The van der Waals surface area contributed by atoms with Crippen molar-refractivity contribution in [1.29, 1.82) is 0 Å². The quantitative estimate of drug-likeness (QED) is 0.141. The van der Waals surface area contributed by atoms with Crippen LogP contribution in [0.4, 0.5) is 0 Å². The Bertz CT molecular complexity index is 1980. The van der Waals surface area contributed by atoms with Crippen LogP contribution in [0.5, 0.6) is 0 Å². The lowest BCUT2D eigenvalue weighted by Crippen LogP contribution is -3.00. The third-order valence-electron chi connectivity index (χ3n) is 10.5. The molecule has 0 saturated heterocycles. The van der Waals surface area contributed by atoms with Gasteiger partial charge in [0.1, 0.15) is 23.2 Å². The minimum Gasteiger partial charge on any atom is -1.00 e. The molecule has 3 heteroatoms. The van der Waals surface area contributed by atoms with Crippen molar-refractivity contribution in [3.05, 3.63) is 217 Å². The summed E-state index contributed by atoms with van der Waals surface area (Å²) >= 11 is 0. The van der Waals surface area contributed by atoms with Crippen LogP contribution in [0.3, 0.4) is 0 Å². The van der Waals surface area contributed by atoms with E-state index < -0.39 is 15.2 Å².